The van der Waals surface area contributed by atoms with E-state index in [9.17, 15) is 4.39 Å². The quantitative estimate of drug-likeness (QED) is 0.656. The van der Waals surface area contributed by atoms with Gasteiger partial charge in [0.2, 0.25) is 0 Å². The number of nitrogens with zero attached hydrogens (tertiary/aromatic N) is 2. The lowest BCUT2D eigenvalue weighted by Gasteiger charge is -1.90. The molecule has 56 valence electrons. The highest BCUT2D eigenvalue weighted by Crippen LogP contribution is 2.18. The lowest BCUT2D eigenvalue weighted by Crippen LogP contribution is -1.76. The summed E-state index contributed by atoms with van der Waals surface area (Å²) in [5, 5.41) is 9.85. The Morgan fingerprint density at radius 1 is 1.27 bits per heavy atom. The van der Waals surface area contributed by atoms with Crippen molar-refractivity contribution in [2.45, 2.75) is 0 Å². The fourth-order valence-electron chi connectivity index (χ4n) is 0.838. The number of benzene rings is 1. The highest BCUT2D eigenvalue weighted by molar-refractivity contribution is 6.31. The number of halogens is 2. The molecule has 5 heteroatoms. The summed E-state index contributed by atoms with van der Waals surface area (Å²) in [6.07, 6.45) is 0. The van der Waals surface area contributed by atoms with E-state index in [1.54, 1.807) is 0 Å². The first-order valence-corrected chi connectivity index (χ1v) is 3.31. The van der Waals surface area contributed by atoms with Crippen LogP contribution in [0.15, 0.2) is 12.1 Å². The number of fused-ring (bicyclic) bond motifs is 1. The molecule has 0 amide bonds. The molecule has 1 aromatic carbocycles. The van der Waals surface area contributed by atoms with Crippen LogP contribution in [0, 0.1) is 5.82 Å². The molecule has 2 aromatic rings. The fraction of sp³-hybridized carbons (Fsp3) is 0. The Kier molecular flexibility index (Phi) is 1.29. The number of hydrogen-bond donors (Lipinski definition) is 1. The number of rotatable bonds is 0. The Balaban J connectivity index is 2.86. The van der Waals surface area contributed by atoms with E-state index in [1.807, 2.05) is 0 Å². The summed E-state index contributed by atoms with van der Waals surface area (Å²) in [7, 11) is 0. The summed E-state index contributed by atoms with van der Waals surface area (Å²) in [5.74, 6) is -0.479. The van der Waals surface area contributed by atoms with Gasteiger partial charge in [-0.3, -0.25) is 0 Å². The molecule has 0 radical (unpaired) electrons. The van der Waals surface area contributed by atoms with Crippen LogP contribution < -0.4 is 0 Å². The van der Waals surface area contributed by atoms with E-state index in [2.05, 4.69) is 15.4 Å². The normalized spacial score (nSPS) is 10.7. The first-order chi connectivity index (χ1) is 5.27. The second-order valence-electron chi connectivity index (χ2n) is 2.08. The minimum Gasteiger partial charge on any atom is -0.205 e. The molecule has 3 nitrogen and oxygen atoms in total. The average Bonchev–Trinajstić information content (AvgIpc) is 2.36. The number of aromatic amines is 1. The van der Waals surface area contributed by atoms with Crippen LogP contribution >= 0.6 is 11.6 Å². The van der Waals surface area contributed by atoms with Crippen molar-refractivity contribution in [1.82, 2.24) is 15.4 Å². The molecule has 2 rings (SSSR count). The van der Waals surface area contributed by atoms with Crippen LogP contribution in [0.4, 0.5) is 4.39 Å². The van der Waals surface area contributed by atoms with E-state index in [0.29, 0.717) is 11.0 Å². The zero-order valence-corrected chi connectivity index (χ0v) is 6.06. The van der Waals surface area contributed by atoms with Crippen LogP contribution in [0.3, 0.4) is 0 Å². The third kappa shape index (κ3) is 0.952. The van der Waals surface area contributed by atoms with Gasteiger partial charge in [-0.25, -0.2) is 4.39 Å². The van der Waals surface area contributed by atoms with Gasteiger partial charge in [-0.15, -0.1) is 0 Å². The highest BCUT2D eigenvalue weighted by atomic mass is 35.5. The largest absolute Gasteiger partial charge is 0.205 e. The Bertz CT molecular complexity index is 362. The summed E-state index contributed by atoms with van der Waals surface area (Å²) < 4.78 is 12.7. The minimum atomic E-state index is -0.479. The van der Waals surface area contributed by atoms with Gasteiger partial charge < -0.3 is 0 Å². The smallest absolute Gasteiger partial charge is 0.144 e. The van der Waals surface area contributed by atoms with E-state index in [0.717, 1.165) is 0 Å². The maximum absolute atomic E-state index is 12.7. The van der Waals surface area contributed by atoms with Gasteiger partial charge in [0, 0.05) is 6.07 Å². The van der Waals surface area contributed by atoms with Crippen molar-refractivity contribution in [1.29, 1.82) is 0 Å². The van der Waals surface area contributed by atoms with E-state index >= 15 is 0 Å². The second kappa shape index (κ2) is 2.17. The summed E-state index contributed by atoms with van der Waals surface area (Å²) in [6, 6.07) is 2.66. The van der Waals surface area contributed by atoms with Gasteiger partial charge in [-0.05, 0) is 6.07 Å². The standard InChI is InChI=1S/C6H3ClFN3/c7-3-1-5-6(2-4(3)8)10-11-9-5/h1-2H,(H,9,10,11). The predicted molar refractivity (Wildman–Crippen MR) is 38.9 cm³/mol. The van der Waals surface area contributed by atoms with Gasteiger partial charge >= 0.3 is 0 Å². The highest BCUT2D eigenvalue weighted by Gasteiger charge is 2.03. The molecule has 0 fully saturated rings. The van der Waals surface area contributed by atoms with Crippen molar-refractivity contribution in [2.24, 2.45) is 0 Å². The Morgan fingerprint density at radius 3 is 2.64 bits per heavy atom. The van der Waals surface area contributed by atoms with Gasteiger partial charge in [0.1, 0.15) is 16.9 Å². The van der Waals surface area contributed by atoms with Gasteiger partial charge in [-0.2, -0.15) is 15.4 Å². The molecule has 11 heavy (non-hydrogen) atoms. The van der Waals surface area contributed by atoms with Crippen LogP contribution in [-0.4, -0.2) is 15.4 Å². The SMILES string of the molecule is Fc1cc2n[nH]nc2cc1Cl. The summed E-state index contributed by atoms with van der Waals surface area (Å²) >= 11 is 5.49. The van der Waals surface area contributed by atoms with Crippen molar-refractivity contribution in [3.05, 3.63) is 23.0 Å². The molecule has 0 bridgehead atoms. The number of H-pyrrole nitrogens is 1. The molecule has 0 unspecified atom stereocenters. The molecule has 0 saturated carbocycles. The minimum absolute atomic E-state index is 0.0615. The van der Waals surface area contributed by atoms with Gasteiger partial charge in [0.05, 0.1) is 5.02 Å². The van der Waals surface area contributed by atoms with Crippen LogP contribution in [0.5, 0.6) is 0 Å². The second-order valence-corrected chi connectivity index (χ2v) is 2.49. The first-order valence-electron chi connectivity index (χ1n) is 2.93. The Labute approximate surface area is 66.2 Å². The van der Waals surface area contributed by atoms with Gasteiger partial charge in [-0.1, -0.05) is 11.6 Å². The zero-order chi connectivity index (χ0) is 7.84. The Hall–Kier alpha value is -1.16. The summed E-state index contributed by atoms with van der Waals surface area (Å²) in [5.41, 5.74) is 1.04. The molecule has 0 spiro atoms. The molecule has 1 heterocycles. The maximum Gasteiger partial charge on any atom is 0.144 e. The monoisotopic (exact) mass is 171 g/mol. The first kappa shape index (κ1) is 6.54. The molecular weight excluding hydrogens is 169 g/mol. The van der Waals surface area contributed by atoms with Crippen molar-refractivity contribution in [2.75, 3.05) is 0 Å². The van der Waals surface area contributed by atoms with Gasteiger partial charge in [0.25, 0.3) is 0 Å². The van der Waals surface area contributed by atoms with E-state index in [4.69, 9.17) is 11.6 Å². The lowest BCUT2D eigenvalue weighted by atomic mass is 10.3. The zero-order valence-electron chi connectivity index (χ0n) is 5.31. The molecule has 1 N–H and O–H groups in total. The number of hydrogen-bond acceptors (Lipinski definition) is 2. The van der Waals surface area contributed by atoms with Crippen LogP contribution in [-0.2, 0) is 0 Å². The lowest BCUT2D eigenvalue weighted by molar-refractivity contribution is 0.630. The molecule has 0 aliphatic carbocycles. The van der Waals surface area contributed by atoms with E-state index < -0.39 is 5.82 Å². The molecule has 0 aliphatic heterocycles. The Morgan fingerprint density at radius 2 is 1.91 bits per heavy atom. The molecule has 0 atom stereocenters. The van der Waals surface area contributed by atoms with Crippen molar-refractivity contribution < 1.29 is 4.39 Å². The van der Waals surface area contributed by atoms with Crippen molar-refractivity contribution >= 4 is 22.6 Å². The molecular formula is C6H3ClFN3. The topological polar surface area (TPSA) is 41.6 Å². The molecule has 1 aromatic heterocycles. The van der Waals surface area contributed by atoms with Crippen LogP contribution in [0.25, 0.3) is 11.0 Å². The predicted octanol–water partition coefficient (Wildman–Crippen LogP) is 1.75. The maximum atomic E-state index is 12.7. The molecule has 0 saturated heterocycles. The van der Waals surface area contributed by atoms with Crippen LogP contribution in [0.2, 0.25) is 5.02 Å². The van der Waals surface area contributed by atoms with E-state index in [-0.39, 0.29) is 5.02 Å². The molecule has 0 aliphatic rings. The van der Waals surface area contributed by atoms with Gasteiger partial charge in [0.15, 0.2) is 0 Å². The fourth-order valence-corrected chi connectivity index (χ4v) is 0.996. The third-order valence-electron chi connectivity index (χ3n) is 1.36. The third-order valence-corrected chi connectivity index (χ3v) is 1.65. The summed E-state index contributed by atoms with van der Waals surface area (Å²) in [4.78, 5) is 0. The van der Waals surface area contributed by atoms with Crippen molar-refractivity contribution in [3.8, 4) is 0 Å². The van der Waals surface area contributed by atoms with E-state index in [1.165, 1.54) is 12.1 Å². The number of aromatic nitrogens is 3. The summed E-state index contributed by atoms with van der Waals surface area (Å²) in [6.45, 7) is 0. The average molecular weight is 172 g/mol. The van der Waals surface area contributed by atoms with Crippen molar-refractivity contribution in [3.63, 3.8) is 0 Å². The number of nitrogens with one attached hydrogen (secondary N) is 1. The van der Waals surface area contributed by atoms with Crippen LogP contribution in [0.1, 0.15) is 0 Å².